The van der Waals surface area contributed by atoms with Crippen LogP contribution >= 0.6 is 0 Å². The molecule has 3 rings (SSSR count). The minimum Gasteiger partial charge on any atom is -0.390 e. The number of hydrogen-bond donors (Lipinski definition) is 3. The van der Waals surface area contributed by atoms with Crippen molar-refractivity contribution >= 4 is 28.7 Å². The first-order valence-corrected chi connectivity index (χ1v) is 8.39. The first-order chi connectivity index (χ1) is 12.3. The molecule has 0 atom stereocenters. The standard InChI is InChI=1S/C20H21F2N3O/c1-20(2,26)9-10-23-19-11-15-17(24-25-18(15)12-16(19)22)8-5-13-3-6-14(21)7-4-13/h3-8,11-12,23,26H,9-10H2,1-2H3,(H,24,25). The number of hydrogen-bond acceptors (Lipinski definition) is 3. The number of nitrogens with one attached hydrogen (secondary N) is 2. The van der Waals surface area contributed by atoms with Crippen LogP contribution in [0.5, 0.6) is 0 Å². The Morgan fingerprint density at radius 1 is 1.15 bits per heavy atom. The summed E-state index contributed by atoms with van der Waals surface area (Å²) in [4.78, 5) is 0. The lowest BCUT2D eigenvalue weighted by molar-refractivity contribution is 0.0748. The summed E-state index contributed by atoms with van der Waals surface area (Å²) in [7, 11) is 0. The third-order valence-electron chi connectivity index (χ3n) is 4.04. The average Bonchev–Trinajstić information content (AvgIpc) is 2.95. The van der Waals surface area contributed by atoms with Crippen molar-refractivity contribution in [1.29, 1.82) is 0 Å². The number of benzene rings is 2. The van der Waals surface area contributed by atoms with Crippen molar-refractivity contribution < 1.29 is 13.9 Å². The first-order valence-electron chi connectivity index (χ1n) is 8.39. The van der Waals surface area contributed by atoms with Gasteiger partial charge < -0.3 is 10.4 Å². The Morgan fingerprint density at radius 2 is 1.88 bits per heavy atom. The number of rotatable bonds is 6. The predicted octanol–water partition coefficient (Wildman–Crippen LogP) is 4.58. The number of aliphatic hydroxyl groups is 1. The molecular formula is C20H21F2N3O. The molecule has 0 bridgehead atoms. The van der Waals surface area contributed by atoms with Gasteiger partial charge in [0, 0.05) is 18.0 Å². The summed E-state index contributed by atoms with van der Waals surface area (Å²) in [6, 6.07) is 9.21. The summed E-state index contributed by atoms with van der Waals surface area (Å²) < 4.78 is 27.2. The van der Waals surface area contributed by atoms with Gasteiger partial charge in [0.2, 0.25) is 0 Å². The molecule has 6 heteroatoms. The lowest BCUT2D eigenvalue weighted by Crippen LogP contribution is -2.22. The molecule has 0 unspecified atom stereocenters. The molecule has 2 aromatic carbocycles. The van der Waals surface area contributed by atoms with E-state index in [1.807, 2.05) is 6.08 Å². The van der Waals surface area contributed by atoms with Gasteiger partial charge in [0.05, 0.1) is 22.5 Å². The maximum Gasteiger partial charge on any atom is 0.148 e. The van der Waals surface area contributed by atoms with Crippen LogP contribution in [0.25, 0.3) is 23.1 Å². The topological polar surface area (TPSA) is 60.9 Å². The van der Waals surface area contributed by atoms with Gasteiger partial charge in [-0.1, -0.05) is 18.2 Å². The maximum absolute atomic E-state index is 14.2. The van der Waals surface area contributed by atoms with Crippen molar-refractivity contribution in [3.05, 3.63) is 59.3 Å². The van der Waals surface area contributed by atoms with Gasteiger partial charge in [0.15, 0.2) is 0 Å². The fourth-order valence-electron chi connectivity index (χ4n) is 2.57. The fourth-order valence-corrected chi connectivity index (χ4v) is 2.57. The molecule has 3 aromatic rings. The number of aromatic nitrogens is 2. The van der Waals surface area contributed by atoms with Gasteiger partial charge in [-0.15, -0.1) is 0 Å². The van der Waals surface area contributed by atoms with E-state index in [2.05, 4.69) is 15.5 Å². The van der Waals surface area contributed by atoms with E-state index in [0.29, 0.717) is 29.9 Å². The number of nitrogens with zero attached hydrogens (tertiary/aromatic N) is 1. The number of H-pyrrole nitrogens is 1. The van der Waals surface area contributed by atoms with Crippen LogP contribution in [0.2, 0.25) is 0 Å². The van der Waals surface area contributed by atoms with E-state index in [4.69, 9.17) is 0 Å². The molecule has 0 radical (unpaired) electrons. The van der Waals surface area contributed by atoms with Gasteiger partial charge >= 0.3 is 0 Å². The third-order valence-corrected chi connectivity index (χ3v) is 4.04. The Balaban J connectivity index is 1.83. The zero-order valence-corrected chi connectivity index (χ0v) is 14.7. The number of anilines is 1. The molecule has 3 N–H and O–H groups in total. The molecule has 0 fully saturated rings. The second-order valence-corrected chi connectivity index (χ2v) is 6.86. The Kier molecular flexibility index (Phi) is 5.04. The van der Waals surface area contributed by atoms with Crippen molar-refractivity contribution in [2.45, 2.75) is 25.9 Å². The summed E-state index contributed by atoms with van der Waals surface area (Å²) in [5, 5.41) is 20.6. The molecule has 0 aliphatic carbocycles. The zero-order chi connectivity index (χ0) is 18.7. The highest BCUT2D eigenvalue weighted by atomic mass is 19.1. The highest BCUT2D eigenvalue weighted by Crippen LogP contribution is 2.25. The van der Waals surface area contributed by atoms with Crippen molar-refractivity contribution in [1.82, 2.24) is 10.2 Å². The van der Waals surface area contributed by atoms with Crippen molar-refractivity contribution in [2.75, 3.05) is 11.9 Å². The van der Waals surface area contributed by atoms with Crippen molar-refractivity contribution in [2.24, 2.45) is 0 Å². The van der Waals surface area contributed by atoms with Crippen LogP contribution in [0.15, 0.2) is 36.4 Å². The lowest BCUT2D eigenvalue weighted by Gasteiger charge is -2.17. The Labute approximate surface area is 150 Å². The highest BCUT2D eigenvalue weighted by molar-refractivity contribution is 5.91. The van der Waals surface area contributed by atoms with Gasteiger partial charge in [0.1, 0.15) is 11.6 Å². The molecule has 0 aliphatic rings. The predicted molar refractivity (Wildman–Crippen MR) is 101 cm³/mol. The number of fused-ring (bicyclic) bond motifs is 1. The molecule has 26 heavy (non-hydrogen) atoms. The lowest BCUT2D eigenvalue weighted by atomic mass is 10.1. The van der Waals surface area contributed by atoms with Crippen LogP contribution < -0.4 is 5.32 Å². The number of aromatic amines is 1. The Bertz CT molecular complexity index is 925. The van der Waals surface area contributed by atoms with Crippen LogP contribution in [-0.2, 0) is 0 Å². The van der Waals surface area contributed by atoms with Crippen LogP contribution in [0.1, 0.15) is 31.5 Å². The van der Waals surface area contributed by atoms with E-state index in [-0.39, 0.29) is 11.6 Å². The summed E-state index contributed by atoms with van der Waals surface area (Å²) >= 11 is 0. The zero-order valence-electron chi connectivity index (χ0n) is 14.7. The largest absolute Gasteiger partial charge is 0.390 e. The van der Waals surface area contributed by atoms with E-state index in [0.717, 1.165) is 10.9 Å². The van der Waals surface area contributed by atoms with E-state index in [1.54, 1.807) is 38.1 Å². The van der Waals surface area contributed by atoms with Crippen LogP contribution in [0.4, 0.5) is 14.5 Å². The summed E-state index contributed by atoms with van der Waals surface area (Å²) in [5.74, 6) is -0.671. The van der Waals surface area contributed by atoms with E-state index < -0.39 is 5.60 Å². The average molecular weight is 357 g/mol. The molecule has 1 heterocycles. The molecule has 0 aliphatic heterocycles. The molecular weight excluding hydrogens is 336 g/mol. The van der Waals surface area contributed by atoms with Gasteiger partial charge in [0.25, 0.3) is 0 Å². The van der Waals surface area contributed by atoms with Crippen LogP contribution in [0, 0.1) is 11.6 Å². The second kappa shape index (κ2) is 7.25. The summed E-state index contributed by atoms with van der Waals surface area (Å²) in [6.45, 7) is 3.87. The van der Waals surface area contributed by atoms with Crippen molar-refractivity contribution in [3.8, 4) is 0 Å². The minimum absolute atomic E-state index is 0.287. The monoisotopic (exact) mass is 357 g/mol. The molecule has 0 amide bonds. The quantitative estimate of drug-likeness (QED) is 0.605. The minimum atomic E-state index is -0.813. The van der Waals surface area contributed by atoms with Gasteiger partial charge in [-0.2, -0.15) is 5.10 Å². The van der Waals surface area contributed by atoms with Crippen LogP contribution in [-0.4, -0.2) is 27.4 Å². The third kappa shape index (κ3) is 4.46. The second-order valence-electron chi connectivity index (χ2n) is 6.86. The fraction of sp³-hybridized carbons (Fsp3) is 0.250. The molecule has 0 spiro atoms. The van der Waals surface area contributed by atoms with Crippen molar-refractivity contribution in [3.63, 3.8) is 0 Å². The van der Waals surface area contributed by atoms with E-state index in [9.17, 15) is 13.9 Å². The van der Waals surface area contributed by atoms with E-state index in [1.165, 1.54) is 18.2 Å². The normalized spacial score (nSPS) is 12.2. The smallest absolute Gasteiger partial charge is 0.148 e. The molecule has 1 aromatic heterocycles. The highest BCUT2D eigenvalue weighted by Gasteiger charge is 2.13. The molecule has 4 nitrogen and oxygen atoms in total. The maximum atomic E-state index is 14.2. The summed E-state index contributed by atoms with van der Waals surface area (Å²) in [5.41, 5.74) is 1.64. The van der Waals surface area contributed by atoms with Gasteiger partial charge in [-0.05, 0) is 50.1 Å². The number of halogens is 2. The molecule has 136 valence electrons. The van der Waals surface area contributed by atoms with Crippen LogP contribution in [0.3, 0.4) is 0 Å². The SMILES string of the molecule is CC(C)(O)CCNc1cc2c(C=Cc3ccc(F)cc3)n[nH]c2cc1F. The Morgan fingerprint density at radius 3 is 2.58 bits per heavy atom. The molecule has 0 saturated heterocycles. The van der Waals surface area contributed by atoms with Gasteiger partial charge in [-0.25, -0.2) is 8.78 Å². The Hall–Kier alpha value is -2.73. The van der Waals surface area contributed by atoms with E-state index >= 15 is 0 Å². The summed E-state index contributed by atoms with van der Waals surface area (Å²) in [6.07, 6.45) is 4.11. The molecule has 0 saturated carbocycles. The first kappa shape index (κ1) is 18.1. The van der Waals surface area contributed by atoms with Gasteiger partial charge in [-0.3, -0.25) is 5.10 Å².